The quantitative estimate of drug-likeness (QED) is 0.797. The first-order valence-corrected chi connectivity index (χ1v) is 8.57. The van der Waals surface area contributed by atoms with Crippen LogP contribution in [0.2, 0.25) is 0 Å². The molecule has 0 N–H and O–H groups in total. The zero-order valence-electron chi connectivity index (χ0n) is 11.2. The highest BCUT2D eigenvalue weighted by molar-refractivity contribution is 7.60. The maximum absolute atomic E-state index is 13.0. The highest BCUT2D eigenvalue weighted by Crippen LogP contribution is 2.66. The molecular formula is C13H19N2O3P. The first kappa shape index (κ1) is 13.3. The zero-order valence-corrected chi connectivity index (χ0v) is 12.1. The Kier molecular flexibility index (Phi) is 3.48. The number of aromatic nitrogens is 1. The lowest BCUT2D eigenvalue weighted by molar-refractivity contribution is -0.144. The van der Waals surface area contributed by atoms with Crippen LogP contribution in [-0.4, -0.2) is 41.6 Å². The molecule has 19 heavy (non-hydrogen) atoms. The summed E-state index contributed by atoms with van der Waals surface area (Å²) in [5.41, 5.74) is 0.812. The molecule has 1 aromatic heterocycles. The van der Waals surface area contributed by atoms with Gasteiger partial charge in [-0.2, -0.15) is 5.06 Å². The fourth-order valence-electron chi connectivity index (χ4n) is 3.19. The molecule has 1 unspecified atom stereocenters. The van der Waals surface area contributed by atoms with Crippen LogP contribution in [0.15, 0.2) is 24.4 Å². The minimum atomic E-state index is -2.64. The van der Waals surface area contributed by atoms with Crippen molar-refractivity contribution in [3.8, 4) is 0 Å². The molecule has 2 aliphatic rings. The summed E-state index contributed by atoms with van der Waals surface area (Å²) in [6.07, 6.45) is 3.18. The minimum absolute atomic E-state index is 0.00519. The Balaban J connectivity index is 1.97. The zero-order chi connectivity index (χ0) is 13.5. The van der Waals surface area contributed by atoms with Gasteiger partial charge in [0.1, 0.15) is 0 Å². The molecule has 0 radical (unpaired) electrons. The maximum Gasteiger partial charge on any atom is 0.210 e. The third-order valence-electron chi connectivity index (χ3n) is 3.92. The Labute approximate surface area is 113 Å². The average molecular weight is 282 g/mol. The molecule has 3 heterocycles. The lowest BCUT2D eigenvalue weighted by atomic mass is 10.1. The van der Waals surface area contributed by atoms with Crippen LogP contribution in [0.5, 0.6) is 0 Å². The van der Waals surface area contributed by atoms with Gasteiger partial charge in [-0.25, -0.2) is 0 Å². The van der Waals surface area contributed by atoms with E-state index in [0.29, 0.717) is 12.8 Å². The third kappa shape index (κ3) is 2.15. The number of hydroxylamine groups is 2. The van der Waals surface area contributed by atoms with Gasteiger partial charge in [-0.1, -0.05) is 6.07 Å². The van der Waals surface area contributed by atoms with Crippen molar-refractivity contribution in [3.05, 3.63) is 30.1 Å². The molecule has 2 aliphatic heterocycles. The third-order valence-corrected chi connectivity index (χ3v) is 7.02. The molecule has 2 fully saturated rings. The number of hydrogen-bond donors (Lipinski definition) is 0. The van der Waals surface area contributed by atoms with E-state index in [2.05, 4.69) is 4.98 Å². The molecule has 6 heteroatoms. The highest BCUT2D eigenvalue weighted by Gasteiger charge is 2.57. The standard InChI is InChI=1S/C13H19N2O3P/c1-3-17-19(16)9-7-11-13(19)12(15(2)18-11)10-6-4-5-8-14-10/h4-6,8,11-13H,3,7,9H2,1-2H3/t11-,12-,13+,19?/m0/s1. The smallest absolute Gasteiger partial charge is 0.210 e. The van der Waals surface area contributed by atoms with Crippen molar-refractivity contribution in [1.82, 2.24) is 10.0 Å². The van der Waals surface area contributed by atoms with E-state index in [-0.39, 0.29) is 17.8 Å². The molecule has 104 valence electrons. The van der Waals surface area contributed by atoms with E-state index in [4.69, 9.17) is 9.36 Å². The summed E-state index contributed by atoms with van der Waals surface area (Å²) in [5.74, 6) is 0. The number of nitrogens with zero attached hydrogens (tertiary/aromatic N) is 2. The molecule has 0 aliphatic carbocycles. The van der Waals surface area contributed by atoms with Crippen molar-refractivity contribution in [2.75, 3.05) is 19.8 Å². The summed E-state index contributed by atoms with van der Waals surface area (Å²) in [6, 6.07) is 5.71. The molecule has 0 bridgehead atoms. The van der Waals surface area contributed by atoms with E-state index >= 15 is 0 Å². The SMILES string of the molecule is CCOP1(=O)CC[C@@H]2ON(C)[C@@H](c3ccccn3)[C@@H]21. The van der Waals surface area contributed by atoms with Gasteiger partial charge in [0.15, 0.2) is 0 Å². The second-order valence-corrected chi connectivity index (χ2v) is 7.79. The molecule has 0 amide bonds. The van der Waals surface area contributed by atoms with Crippen LogP contribution in [0.4, 0.5) is 0 Å². The van der Waals surface area contributed by atoms with Gasteiger partial charge in [-0.15, -0.1) is 0 Å². The lowest BCUT2D eigenvalue weighted by Gasteiger charge is -2.25. The van der Waals surface area contributed by atoms with E-state index in [1.54, 1.807) is 11.3 Å². The Morgan fingerprint density at radius 3 is 3.11 bits per heavy atom. The number of rotatable bonds is 3. The molecule has 1 aromatic rings. The van der Waals surface area contributed by atoms with Crippen molar-refractivity contribution in [2.45, 2.75) is 31.1 Å². The fourth-order valence-corrected chi connectivity index (χ4v) is 6.32. The lowest BCUT2D eigenvalue weighted by Crippen LogP contribution is -2.25. The van der Waals surface area contributed by atoms with Crippen LogP contribution in [0, 0.1) is 0 Å². The molecule has 0 saturated carbocycles. The molecule has 0 spiro atoms. The van der Waals surface area contributed by atoms with E-state index in [0.717, 1.165) is 12.1 Å². The summed E-state index contributed by atoms with van der Waals surface area (Å²) in [6.45, 7) is 2.38. The summed E-state index contributed by atoms with van der Waals surface area (Å²) in [4.78, 5) is 10.2. The van der Waals surface area contributed by atoms with E-state index < -0.39 is 7.37 Å². The second-order valence-electron chi connectivity index (χ2n) is 5.04. The van der Waals surface area contributed by atoms with Crippen molar-refractivity contribution in [1.29, 1.82) is 0 Å². The first-order chi connectivity index (χ1) is 9.15. The monoisotopic (exact) mass is 282 g/mol. The summed E-state index contributed by atoms with van der Waals surface area (Å²) in [7, 11) is -0.757. The number of fused-ring (bicyclic) bond motifs is 1. The number of hydrogen-bond acceptors (Lipinski definition) is 5. The normalized spacial score (nSPS) is 38.5. The Bertz CT molecular complexity index is 490. The number of pyridine rings is 1. The predicted molar refractivity (Wildman–Crippen MR) is 72.1 cm³/mol. The highest BCUT2D eigenvalue weighted by atomic mass is 31.2. The van der Waals surface area contributed by atoms with Gasteiger partial charge >= 0.3 is 0 Å². The minimum Gasteiger partial charge on any atom is -0.328 e. The Morgan fingerprint density at radius 2 is 2.42 bits per heavy atom. The molecule has 0 aromatic carbocycles. The second kappa shape index (κ2) is 4.98. The summed E-state index contributed by atoms with van der Waals surface area (Å²) >= 11 is 0. The molecule has 4 atom stereocenters. The van der Waals surface area contributed by atoms with E-state index in [1.165, 1.54) is 0 Å². The van der Waals surface area contributed by atoms with Gasteiger partial charge in [0.05, 0.1) is 30.1 Å². The van der Waals surface area contributed by atoms with Crippen LogP contribution in [0.3, 0.4) is 0 Å². The van der Waals surface area contributed by atoms with E-state index in [9.17, 15) is 4.57 Å². The average Bonchev–Trinajstić information content (AvgIpc) is 2.89. The molecular weight excluding hydrogens is 263 g/mol. The van der Waals surface area contributed by atoms with Crippen LogP contribution in [0.1, 0.15) is 25.1 Å². The molecule has 3 rings (SSSR count). The van der Waals surface area contributed by atoms with Crippen molar-refractivity contribution in [2.24, 2.45) is 0 Å². The van der Waals surface area contributed by atoms with Gasteiger partial charge in [-0.3, -0.25) is 14.4 Å². The van der Waals surface area contributed by atoms with Crippen molar-refractivity contribution >= 4 is 7.37 Å². The maximum atomic E-state index is 13.0. The van der Waals surface area contributed by atoms with Gasteiger partial charge in [-0.05, 0) is 25.5 Å². The molecule has 5 nitrogen and oxygen atoms in total. The summed E-state index contributed by atoms with van der Waals surface area (Å²) < 4.78 is 18.6. The first-order valence-electron chi connectivity index (χ1n) is 6.69. The van der Waals surface area contributed by atoms with Gasteiger partial charge < -0.3 is 4.52 Å². The van der Waals surface area contributed by atoms with Gasteiger partial charge in [0.25, 0.3) is 0 Å². The molecule has 2 saturated heterocycles. The Hall–Kier alpha value is -0.740. The van der Waals surface area contributed by atoms with Crippen LogP contribution in [0.25, 0.3) is 0 Å². The van der Waals surface area contributed by atoms with Crippen LogP contribution >= 0.6 is 7.37 Å². The van der Waals surface area contributed by atoms with Crippen LogP contribution in [-0.2, 0) is 13.9 Å². The summed E-state index contributed by atoms with van der Waals surface area (Å²) in [5, 5.41) is 1.79. The van der Waals surface area contributed by atoms with Gasteiger partial charge in [0.2, 0.25) is 7.37 Å². The predicted octanol–water partition coefficient (Wildman–Crippen LogP) is 2.46. The van der Waals surface area contributed by atoms with Gasteiger partial charge in [0, 0.05) is 19.4 Å². The van der Waals surface area contributed by atoms with Crippen molar-refractivity contribution < 1.29 is 13.9 Å². The topological polar surface area (TPSA) is 51.7 Å². The largest absolute Gasteiger partial charge is 0.328 e. The van der Waals surface area contributed by atoms with Crippen LogP contribution < -0.4 is 0 Å². The van der Waals surface area contributed by atoms with Crippen molar-refractivity contribution in [3.63, 3.8) is 0 Å². The van der Waals surface area contributed by atoms with E-state index in [1.807, 2.05) is 32.2 Å². The Morgan fingerprint density at radius 1 is 1.58 bits per heavy atom. The fraction of sp³-hybridized carbons (Fsp3) is 0.615.